The molecule has 7 heteroatoms. The Morgan fingerprint density at radius 3 is 2.76 bits per heavy atom. The van der Waals surface area contributed by atoms with Crippen molar-refractivity contribution in [2.45, 2.75) is 0 Å². The number of hydrogen-bond acceptors (Lipinski definition) is 2. The van der Waals surface area contributed by atoms with Crippen molar-refractivity contribution in [3.05, 3.63) is 39.2 Å². The number of benzene rings is 1. The van der Waals surface area contributed by atoms with Crippen molar-refractivity contribution in [1.82, 2.24) is 10.2 Å². The predicted octanol–water partition coefficient (Wildman–Crippen LogP) is 3.33. The molecule has 0 aliphatic carbocycles. The van der Waals surface area contributed by atoms with Gasteiger partial charge in [-0.3, -0.25) is 5.10 Å². The molecule has 1 heterocycles. The van der Waals surface area contributed by atoms with Gasteiger partial charge in [-0.15, -0.1) is 0 Å². The van der Waals surface area contributed by atoms with Gasteiger partial charge in [0.2, 0.25) is 0 Å². The van der Waals surface area contributed by atoms with Gasteiger partial charge in [0, 0.05) is 5.56 Å². The summed E-state index contributed by atoms with van der Waals surface area (Å²) >= 11 is 8.76. The minimum Gasteiger partial charge on any atom is -0.476 e. The standard InChI is InChI=1S/C10H5BrClFN2O2/c11-7-8(14-15-9(7)10(16)17)4-1-2-6(13)5(12)3-4/h1-3H,(H,14,15)(H,16,17). The molecule has 0 amide bonds. The number of carbonyl (C=O) groups is 1. The molecule has 0 saturated carbocycles. The summed E-state index contributed by atoms with van der Waals surface area (Å²) in [6.07, 6.45) is 0. The number of carboxylic acids is 1. The van der Waals surface area contributed by atoms with Crippen molar-refractivity contribution >= 4 is 33.5 Å². The Morgan fingerprint density at radius 2 is 2.24 bits per heavy atom. The van der Waals surface area contributed by atoms with Crippen molar-refractivity contribution in [2.75, 3.05) is 0 Å². The normalized spacial score (nSPS) is 10.5. The number of aromatic nitrogens is 2. The Kier molecular flexibility index (Phi) is 3.17. The third kappa shape index (κ3) is 2.18. The molecule has 2 aromatic rings. The van der Waals surface area contributed by atoms with Crippen LogP contribution >= 0.6 is 27.5 Å². The monoisotopic (exact) mass is 318 g/mol. The van der Waals surface area contributed by atoms with E-state index in [-0.39, 0.29) is 10.7 Å². The molecule has 0 radical (unpaired) electrons. The van der Waals surface area contributed by atoms with E-state index in [1.807, 2.05) is 0 Å². The van der Waals surface area contributed by atoms with E-state index in [4.69, 9.17) is 16.7 Å². The van der Waals surface area contributed by atoms with Gasteiger partial charge < -0.3 is 5.11 Å². The molecule has 2 N–H and O–H groups in total. The maximum Gasteiger partial charge on any atom is 0.355 e. The average molecular weight is 320 g/mol. The van der Waals surface area contributed by atoms with E-state index in [1.54, 1.807) is 0 Å². The van der Waals surface area contributed by atoms with Gasteiger partial charge in [-0.1, -0.05) is 11.6 Å². The lowest BCUT2D eigenvalue weighted by atomic mass is 10.1. The number of halogens is 3. The Balaban J connectivity index is 2.53. The molecule has 0 bridgehead atoms. The Hall–Kier alpha value is -1.40. The molecule has 0 saturated heterocycles. The summed E-state index contributed by atoms with van der Waals surface area (Å²) in [4.78, 5) is 10.8. The smallest absolute Gasteiger partial charge is 0.355 e. The lowest BCUT2D eigenvalue weighted by Gasteiger charge is -1.99. The van der Waals surface area contributed by atoms with E-state index in [9.17, 15) is 9.18 Å². The van der Waals surface area contributed by atoms with Crippen LogP contribution in [0.15, 0.2) is 22.7 Å². The van der Waals surface area contributed by atoms with Gasteiger partial charge in [-0.2, -0.15) is 5.10 Å². The van der Waals surface area contributed by atoms with E-state index in [1.165, 1.54) is 18.2 Å². The van der Waals surface area contributed by atoms with Crippen LogP contribution in [0.1, 0.15) is 10.5 Å². The summed E-state index contributed by atoms with van der Waals surface area (Å²) < 4.78 is 13.3. The number of hydrogen-bond donors (Lipinski definition) is 2. The minimum absolute atomic E-state index is 0.0470. The maximum absolute atomic E-state index is 13.0. The first-order chi connectivity index (χ1) is 8.00. The highest BCUT2D eigenvalue weighted by atomic mass is 79.9. The lowest BCUT2D eigenvalue weighted by molar-refractivity contribution is 0.0689. The molecule has 88 valence electrons. The van der Waals surface area contributed by atoms with Crippen LogP contribution in [0.5, 0.6) is 0 Å². The summed E-state index contributed by atoms with van der Waals surface area (Å²) in [6, 6.07) is 4.04. The third-order valence-electron chi connectivity index (χ3n) is 2.11. The van der Waals surface area contributed by atoms with Gasteiger partial charge in [0.15, 0.2) is 5.69 Å². The van der Waals surface area contributed by atoms with Crippen LogP contribution in [0.3, 0.4) is 0 Å². The first-order valence-electron chi connectivity index (χ1n) is 4.43. The second-order valence-electron chi connectivity index (χ2n) is 3.20. The topological polar surface area (TPSA) is 66.0 Å². The quantitative estimate of drug-likeness (QED) is 0.892. The van der Waals surface area contributed by atoms with Crippen molar-refractivity contribution in [2.24, 2.45) is 0 Å². The van der Waals surface area contributed by atoms with Crippen LogP contribution in [0.2, 0.25) is 5.02 Å². The second-order valence-corrected chi connectivity index (χ2v) is 4.40. The first-order valence-corrected chi connectivity index (χ1v) is 5.60. The molecule has 0 spiro atoms. The van der Waals surface area contributed by atoms with Crippen molar-refractivity contribution in [1.29, 1.82) is 0 Å². The fourth-order valence-corrected chi connectivity index (χ4v) is 2.06. The predicted molar refractivity (Wildman–Crippen MR) is 63.7 cm³/mol. The zero-order valence-electron chi connectivity index (χ0n) is 8.17. The highest BCUT2D eigenvalue weighted by Crippen LogP contribution is 2.31. The van der Waals surface area contributed by atoms with Gasteiger partial charge >= 0.3 is 5.97 Å². The first kappa shape index (κ1) is 12.1. The van der Waals surface area contributed by atoms with E-state index in [2.05, 4.69) is 26.1 Å². The zero-order valence-corrected chi connectivity index (χ0v) is 10.5. The molecule has 0 aliphatic rings. The fraction of sp³-hybridized carbons (Fsp3) is 0. The van der Waals surface area contributed by atoms with Crippen LogP contribution in [0.25, 0.3) is 11.3 Å². The molecule has 4 nitrogen and oxygen atoms in total. The molecule has 17 heavy (non-hydrogen) atoms. The number of carboxylic acid groups (broad SMARTS) is 1. The average Bonchev–Trinajstić information content (AvgIpc) is 2.64. The lowest BCUT2D eigenvalue weighted by Crippen LogP contribution is -1.96. The molecule has 0 fully saturated rings. The number of aromatic carboxylic acids is 1. The summed E-state index contributed by atoms with van der Waals surface area (Å²) in [5.74, 6) is -1.68. The van der Waals surface area contributed by atoms with E-state index in [0.29, 0.717) is 15.7 Å². The summed E-state index contributed by atoms with van der Waals surface area (Å²) in [5, 5.41) is 15.0. The van der Waals surface area contributed by atoms with Crippen LogP contribution in [0, 0.1) is 5.82 Å². The van der Waals surface area contributed by atoms with Crippen molar-refractivity contribution < 1.29 is 14.3 Å². The molecular formula is C10H5BrClFN2O2. The highest BCUT2D eigenvalue weighted by Gasteiger charge is 2.17. The van der Waals surface area contributed by atoms with Crippen molar-refractivity contribution in [3.63, 3.8) is 0 Å². The molecule has 1 aromatic heterocycles. The molecular weight excluding hydrogens is 314 g/mol. The minimum atomic E-state index is -1.14. The van der Waals surface area contributed by atoms with Gasteiger partial charge in [0.05, 0.1) is 9.50 Å². The SMILES string of the molecule is O=C(O)c1[nH]nc(-c2ccc(F)c(Cl)c2)c1Br. The second kappa shape index (κ2) is 4.46. The van der Waals surface area contributed by atoms with Crippen LogP contribution in [0.4, 0.5) is 4.39 Å². The fourth-order valence-electron chi connectivity index (χ4n) is 1.30. The van der Waals surface area contributed by atoms with Gasteiger partial charge in [0.1, 0.15) is 11.5 Å². The Labute approximate surface area is 109 Å². The number of rotatable bonds is 2. The summed E-state index contributed by atoms with van der Waals surface area (Å²) in [6.45, 7) is 0. The largest absolute Gasteiger partial charge is 0.476 e. The maximum atomic E-state index is 13.0. The highest BCUT2D eigenvalue weighted by molar-refractivity contribution is 9.10. The number of nitrogens with zero attached hydrogens (tertiary/aromatic N) is 1. The van der Waals surface area contributed by atoms with E-state index >= 15 is 0 Å². The summed E-state index contributed by atoms with van der Waals surface area (Å²) in [7, 11) is 0. The van der Waals surface area contributed by atoms with Crippen LogP contribution in [-0.4, -0.2) is 21.3 Å². The third-order valence-corrected chi connectivity index (χ3v) is 3.18. The van der Waals surface area contributed by atoms with Gasteiger partial charge in [-0.25, -0.2) is 9.18 Å². The van der Waals surface area contributed by atoms with E-state index in [0.717, 1.165) is 0 Å². The zero-order chi connectivity index (χ0) is 12.6. The molecule has 0 unspecified atom stereocenters. The molecule has 2 rings (SSSR count). The van der Waals surface area contributed by atoms with Gasteiger partial charge in [-0.05, 0) is 34.1 Å². The van der Waals surface area contributed by atoms with Crippen LogP contribution < -0.4 is 0 Å². The Bertz CT molecular complexity index is 600. The molecule has 1 aromatic carbocycles. The molecule has 0 atom stereocenters. The number of aromatic amines is 1. The van der Waals surface area contributed by atoms with E-state index < -0.39 is 11.8 Å². The van der Waals surface area contributed by atoms with Crippen molar-refractivity contribution in [3.8, 4) is 11.3 Å². The summed E-state index contributed by atoms with van der Waals surface area (Å²) in [5.41, 5.74) is 0.816. The number of H-pyrrole nitrogens is 1. The van der Waals surface area contributed by atoms with Gasteiger partial charge in [0.25, 0.3) is 0 Å². The number of nitrogens with one attached hydrogen (secondary N) is 1. The van der Waals surface area contributed by atoms with Crippen LogP contribution in [-0.2, 0) is 0 Å². The Morgan fingerprint density at radius 1 is 1.53 bits per heavy atom. The molecule has 0 aliphatic heterocycles.